The topological polar surface area (TPSA) is 84.5 Å². The molecule has 6 nitrogen and oxygen atoms in total. The molecule has 2 rings (SSSR count). The number of rotatable bonds is 7. The van der Waals surface area contributed by atoms with Gasteiger partial charge in [-0.15, -0.1) is 0 Å². The maximum atomic E-state index is 12.6. The van der Waals surface area contributed by atoms with Gasteiger partial charge in [0.15, 0.2) is 0 Å². The Kier molecular flexibility index (Phi) is 8.38. The van der Waals surface area contributed by atoms with Crippen molar-refractivity contribution in [2.75, 3.05) is 6.61 Å². The van der Waals surface area contributed by atoms with E-state index in [-0.39, 0.29) is 21.9 Å². The summed E-state index contributed by atoms with van der Waals surface area (Å²) in [6.45, 7) is 3.80. The van der Waals surface area contributed by atoms with Gasteiger partial charge in [0.1, 0.15) is 5.75 Å². The average Bonchev–Trinajstić information content (AvgIpc) is 2.58. The lowest BCUT2D eigenvalue weighted by Gasteiger charge is -2.23. The van der Waals surface area contributed by atoms with Gasteiger partial charge in [-0.3, -0.25) is 4.79 Å². The summed E-state index contributed by atoms with van der Waals surface area (Å²) in [5.41, 5.74) is 0. The van der Waals surface area contributed by atoms with Gasteiger partial charge >= 0.3 is 0 Å². The second-order valence-electron chi connectivity index (χ2n) is 6.92. The lowest BCUT2D eigenvalue weighted by molar-refractivity contribution is -0.123. The van der Waals surface area contributed by atoms with Crippen LogP contribution >= 0.6 is 11.6 Å². The number of hydrogen-bond donors (Lipinski definition) is 2. The molecule has 0 spiro atoms. The highest BCUT2D eigenvalue weighted by Crippen LogP contribution is 2.27. The third-order valence-corrected chi connectivity index (χ3v) is 6.52. The van der Waals surface area contributed by atoms with Crippen molar-refractivity contribution in [3.8, 4) is 5.75 Å². The summed E-state index contributed by atoms with van der Waals surface area (Å²) in [5, 5.41) is 3.20. The Balaban J connectivity index is 1.99. The quantitative estimate of drug-likeness (QED) is 0.710. The summed E-state index contributed by atoms with van der Waals surface area (Å²) in [4.78, 5) is 12.4. The Hall–Kier alpha value is -1.31. The van der Waals surface area contributed by atoms with Gasteiger partial charge in [0, 0.05) is 6.04 Å². The monoisotopic (exact) mass is 416 g/mol. The van der Waals surface area contributed by atoms with E-state index in [1.807, 2.05) is 6.92 Å². The maximum Gasteiger partial charge on any atom is 0.241 e. The summed E-state index contributed by atoms with van der Waals surface area (Å²) in [6.07, 6.45) is 7.70. The van der Waals surface area contributed by atoms with Crippen LogP contribution in [0.2, 0.25) is 5.02 Å². The molecule has 1 aromatic rings. The molecule has 2 N–H and O–H groups in total. The van der Waals surface area contributed by atoms with E-state index in [2.05, 4.69) is 10.0 Å². The summed E-state index contributed by atoms with van der Waals surface area (Å²) in [5.74, 6) is 0.120. The van der Waals surface area contributed by atoms with Crippen molar-refractivity contribution >= 4 is 27.5 Å². The van der Waals surface area contributed by atoms with Crippen LogP contribution in [-0.4, -0.2) is 33.0 Å². The zero-order valence-corrected chi connectivity index (χ0v) is 17.5. The van der Waals surface area contributed by atoms with Crippen molar-refractivity contribution in [2.24, 2.45) is 0 Å². The molecule has 1 aromatic carbocycles. The highest BCUT2D eigenvalue weighted by atomic mass is 35.5. The molecule has 152 valence electrons. The third-order valence-electron chi connectivity index (χ3n) is 4.69. The van der Waals surface area contributed by atoms with Crippen LogP contribution in [0, 0.1) is 0 Å². The lowest BCUT2D eigenvalue weighted by atomic mass is 9.96. The summed E-state index contributed by atoms with van der Waals surface area (Å²) >= 11 is 6.07. The number of carbonyl (C=O) groups excluding carboxylic acids is 1. The SMILES string of the molecule is CCOc1ccc(S(=O)(=O)N[C@@H](C)C(=O)NC2CCCCCCC2)cc1Cl. The molecule has 0 aromatic heterocycles. The molecule has 1 fully saturated rings. The smallest absolute Gasteiger partial charge is 0.241 e. The van der Waals surface area contributed by atoms with Gasteiger partial charge in [-0.1, -0.05) is 43.7 Å². The van der Waals surface area contributed by atoms with Crippen molar-refractivity contribution in [3.05, 3.63) is 23.2 Å². The van der Waals surface area contributed by atoms with Crippen LogP contribution in [-0.2, 0) is 14.8 Å². The van der Waals surface area contributed by atoms with E-state index in [1.165, 1.54) is 37.5 Å². The van der Waals surface area contributed by atoms with Crippen LogP contribution in [0.15, 0.2) is 23.1 Å². The van der Waals surface area contributed by atoms with Crippen LogP contribution in [0.5, 0.6) is 5.75 Å². The average molecular weight is 417 g/mol. The fourth-order valence-electron chi connectivity index (χ4n) is 3.20. The standard InChI is InChI=1S/C19H29ClN2O4S/c1-3-26-18-12-11-16(13-17(18)20)27(24,25)22-14(2)19(23)21-15-9-7-5-4-6-8-10-15/h11-15,22H,3-10H2,1-2H3,(H,21,23)/t14-/m0/s1. The van der Waals surface area contributed by atoms with Crippen molar-refractivity contribution in [1.82, 2.24) is 10.0 Å². The number of sulfonamides is 1. The molecular formula is C19H29ClN2O4S. The predicted molar refractivity (Wildman–Crippen MR) is 107 cm³/mol. The van der Waals surface area contributed by atoms with Crippen LogP contribution in [0.1, 0.15) is 58.8 Å². The van der Waals surface area contributed by atoms with E-state index in [0.717, 1.165) is 25.7 Å². The molecular weight excluding hydrogens is 388 g/mol. The maximum absolute atomic E-state index is 12.6. The summed E-state index contributed by atoms with van der Waals surface area (Å²) in [6, 6.07) is 3.50. The molecule has 1 amide bonds. The fourth-order valence-corrected chi connectivity index (χ4v) is 4.73. The first-order valence-corrected chi connectivity index (χ1v) is 11.4. The minimum absolute atomic E-state index is 0.00144. The van der Waals surface area contributed by atoms with Crippen molar-refractivity contribution in [1.29, 1.82) is 0 Å². The van der Waals surface area contributed by atoms with Gasteiger partial charge in [0.25, 0.3) is 0 Å². The normalized spacial score (nSPS) is 17.6. The van der Waals surface area contributed by atoms with Gasteiger partial charge in [0.05, 0.1) is 22.6 Å². The van der Waals surface area contributed by atoms with Gasteiger partial charge in [0.2, 0.25) is 15.9 Å². The predicted octanol–water partition coefficient (Wildman–Crippen LogP) is 3.63. The minimum Gasteiger partial charge on any atom is -0.492 e. The van der Waals surface area contributed by atoms with E-state index in [9.17, 15) is 13.2 Å². The summed E-state index contributed by atoms with van der Waals surface area (Å²) in [7, 11) is -3.86. The Labute approximate surface area is 167 Å². The zero-order valence-electron chi connectivity index (χ0n) is 16.0. The molecule has 0 heterocycles. The number of nitrogens with one attached hydrogen (secondary N) is 2. The highest BCUT2D eigenvalue weighted by molar-refractivity contribution is 7.89. The molecule has 1 atom stereocenters. The first kappa shape index (κ1) is 22.0. The van der Waals surface area contributed by atoms with Gasteiger partial charge in [-0.05, 0) is 44.9 Å². The molecule has 1 aliphatic carbocycles. The number of halogens is 1. The van der Waals surface area contributed by atoms with Gasteiger partial charge < -0.3 is 10.1 Å². The first-order chi connectivity index (χ1) is 12.8. The lowest BCUT2D eigenvalue weighted by Crippen LogP contribution is -2.48. The fraction of sp³-hybridized carbons (Fsp3) is 0.632. The Morgan fingerprint density at radius 1 is 1.22 bits per heavy atom. The van der Waals surface area contributed by atoms with Crippen LogP contribution < -0.4 is 14.8 Å². The molecule has 1 saturated carbocycles. The number of amides is 1. The van der Waals surface area contributed by atoms with E-state index in [4.69, 9.17) is 16.3 Å². The van der Waals surface area contributed by atoms with Crippen LogP contribution in [0.25, 0.3) is 0 Å². The molecule has 0 saturated heterocycles. The van der Waals surface area contributed by atoms with Crippen LogP contribution in [0.4, 0.5) is 0 Å². The largest absolute Gasteiger partial charge is 0.492 e. The zero-order chi connectivity index (χ0) is 19.9. The van der Waals surface area contributed by atoms with Crippen molar-refractivity contribution in [3.63, 3.8) is 0 Å². The Bertz CT molecular complexity index is 731. The molecule has 0 bridgehead atoms. The second kappa shape index (κ2) is 10.3. The number of ether oxygens (including phenoxy) is 1. The number of benzene rings is 1. The Morgan fingerprint density at radius 2 is 1.85 bits per heavy atom. The minimum atomic E-state index is -3.86. The molecule has 0 aliphatic heterocycles. The van der Waals surface area contributed by atoms with E-state index in [1.54, 1.807) is 6.92 Å². The third kappa shape index (κ3) is 6.66. The van der Waals surface area contributed by atoms with Crippen molar-refractivity contribution < 1.29 is 17.9 Å². The van der Waals surface area contributed by atoms with E-state index >= 15 is 0 Å². The molecule has 27 heavy (non-hydrogen) atoms. The van der Waals surface area contributed by atoms with Gasteiger partial charge in [-0.25, -0.2) is 8.42 Å². The van der Waals surface area contributed by atoms with E-state index < -0.39 is 16.1 Å². The Morgan fingerprint density at radius 3 is 2.44 bits per heavy atom. The molecule has 0 radical (unpaired) electrons. The van der Waals surface area contributed by atoms with E-state index in [0.29, 0.717) is 12.4 Å². The molecule has 1 aliphatic rings. The molecule has 8 heteroatoms. The number of carbonyl (C=O) groups is 1. The number of hydrogen-bond acceptors (Lipinski definition) is 4. The van der Waals surface area contributed by atoms with Crippen LogP contribution in [0.3, 0.4) is 0 Å². The van der Waals surface area contributed by atoms with Crippen molar-refractivity contribution in [2.45, 2.75) is 75.8 Å². The van der Waals surface area contributed by atoms with Gasteiger partial charge in [-0.2, -0.15) is 4.72 Å². The molecule has 0 unspecified atom stereocenters. The highest BCUT2D eigenvalue weighted by Gasteiger charge is 2.24. The first-order valence-electron chi connectivity index (χ1n) is 9.58. The second-order valence-corrected chi connectivity index (χ2v) is 9.04. The summed E-state index contributed by atoms with van der Waals surface area (Å²) < 4.78 is 32.9.